The first-order valence-corrected chi connectivity index (χ1v) is 6.97. The molecule has 0 radical (unpaired) electrons. The normalized spacial score (nSPS) is 11.1. The zero-order valence-corrected chi connectivity index (χ0v) is 11.7. The van der Waals surface area contributed by atoms with Gasteiger partial charge in [-0.25, -0.2) is 4.98 Å². The summed E-state index contributed by atoms with van der Waals surface area (Å²) in [6.45, 7) is 3.56. The predicted molar refractivity (Wildman–Crippen MR) is 82.8 cm³/mol. The lowest BCUT2D eigenvalue weighted by atomic mass is 10.2. The maximum Gasteiger partial charge on any atom is 0.111 e. The lowest BCUT2D eigenvalue weighted by Crippen LogP contribution is -2.10. The van der Waals surface area contributed by atoms with Crippen LogP contribution >= 0.6 is 0 Å². The van der Waals surface area contributed by atoms with Gasteiger partial charge >= 0.3 is 0 Å². The minimum absolute atomic E-state index is 0.622. The van der Waals surface area contributed by atoms with E-state index < -0.39 is 0 Å². The first-order chi connectivity index (χ1) is 9.78. The summed E-state index contributed by atoms with van der Waals surface area (Å²) in [4.78, 5) is 4.74. The standard InChI is InChI=1S/C17H19N3/c1-13-7-8-16-15(11-13)19-17(9-10-18)20(16)12-14-5-3-2-4-6-14/h2-8,11H,9-10,12,18H2,1H3. The number of aryl methyl sites for hydroxylation is 1. The molecule has 1 aromatic heterocycles. The van der Waals surface area contributed by atoms with E-state index in [0.717, 1.165) is 24.3 Å². The van der Waals surface area contributed by atoms with E-state index in [1.165, 1.54) is 16.6 Å². The van der Waals surface area contributed by atoms with Gasteiger partial charge in [-0.1, -0.05) is 36.4 Å². The molecule has 0 aliphatic rings. The largest absolute Gasteiger partial charge is 0.330 e. The second-order valence-electron chi connectivity index (χ2n) is 5.13. The van der Waals surface area contributed by atoms with Crippen molar-refractivity contribution in [1.29, 1.82) is 0 Å². The van der Waals surface area contributed by atoms with Crippen molar-refractivity contribution in [1.82, 2.24) is 9.55 Å². The van der Waals surface area contributed by atoms with Crippen molar-refractivity contribution in [3.63, 3.8) is 0 Å². The molecule has 102 valence electrons. The molecule has 0 atom stereocenters. The minimum Gasteiger partial charge on any atom is -0.330 e. The smallest absolute Gasteiger partial charge is 0.111 e. The van der Waals surface area contributed by atoms with Gasteiger partial charge in [0, 0.05) is 13.0 Å². The van der Waals surface area contributed by atoms with E-state index >= 15 is 0 Å². The van der Waals surface area contributed by atoms with Crippen LogP contribution in [0.1, 0.15) is 17.0 Å². The third-order valence-electron chi connectivity index (χ3n) is 3.53. The van der Waals surface area contributed by atoms with Gasteiger partial charge in [0.2, 0.25) is 0 Å². The minimum atomic E-state index is 0.622. The van der Waals surface area contributed by atoms with Gasteiger partial charge in [-0.3, -0.25) is 0 Å². The van der Waals surface area contributed by atoms with Crippen molar-refractivity contribution in [2.75, 3.05) is 6.54 Å². The Kier molecular flexibility index (Phi) is 3.52. The van der Waals surface area contributed by atoms with E-state index in [9.17, 15) is 0 Å². The Hall–Kier alpha value is -2.13. The molecule has 2 aromatic carbocycles. The SMILES string of the molecule is Cc1ccc2c(c1)nc(CCN)n2Cc1ccccc1. The molecule has 1 heterocycles. The summed E-state index contributed by atoms with van der Waals surface area (Å²) < 4.78 is 2.27. The number of hydrogen-bond donors (Lipinski definition) is 1. The highest BCUT2D eigenvalue weighted by Crippen LogP contribution is 2.19. The topological polar surface area (TPSA) is 43.8 Å². The Morgan fingerprint density at radius 2 is 1.90 bits per heavy atom. The van der Waals surface area contributed by atoms with Gasteiger partial charge < -0.3 is 10.3 Å². The van der Waals surface area contributed by atoms with E-state index in [1.807, 2.05) is 6.07 Å². The summed E-state index contributed by atoms with van der Waals surface area (Å²) in [7, 11) is 0. The van der Waals surface area contributed by atoms with Gasteiger partial charge in [0.1, 0.15) is 5.82 Å². The number of imidazole rings is 1. The van der Waals surface area contributed by atoms with Crippen LogP contribution in [0.25, 0.3) is 11.0 Å². The molecule has 3 aromatic rings. The predicted octanol–water partition coefficient (Wildman–Crippen LogP) is 2.89. The Labute approximate surface area is 119 Å². The summed E-state index contributed by atoms with van der Waals surface area (Å²) in [5, 5.41) is 0. The summed E-state index contributed by atoms with van der Waals surface area (Å²) >= 11 is 0. The molecule has 0 bridgehead atoms. The number of fused-ring (bicyclic) bond motifs is 1. The molecule has 0 amide bonds. The number of rotatable bonds is 4. The second kappa shape index (κ2) is 5.47. The van der Waals surface area contributed by atoms with Crippen LogP contribution in [0.5, 0.6) is 0 Å². The van der Waals surface area contributed by atoms with Crippen LogP contribution in [-0.4, -0.2) is 16.1 Å². The fraction of sp³-hybridized carbons (Fsp3) is 0.235. The van der Waals surface area contributed by atoms with Crippen LogP contribution in [0.3, 0.4) is 0 Å². The first kappa shape index (κ1) is 12.9. The maximum atomic E-state index is 5.72. The van der Waals surface area contributed by atoms with Gasteiger partial charge in [-0.05, 0) is 36.7 Å². The number of nitrogens with two attached hydrogens (primary N) is 1. The van der Waals surface area contributed by atoms with Gasteiger partial charge in [0.15, 0.2) is 0 Å². The fourth-order valence-electron chi connectivity index (χ4n) is 2.55. The Balaban J connectivity index is 2.09. The highest BCUT2D eigenvalue weighted by Gasteiger charge is 2.10. The maximum absolute atomic E-state index is 5.72. The molecular formula is C17H19N3. The zero-order chi connectivity index (χ0) is 13.9. The van der Waals surface area contributed by atoms with Crippen LogP contribution in [0, 0.1) is 6.92 Å². The van der Waals surface area contributed by atoms with Crippen LogP contribution in [0.4, 0.5) is 0 Å². The van der Waals surface area contributed by atoms with Crippen LogP contribution in [0.2, 0.25) is 0 Å². The third kappa shape index (κ3) is 2.45. The zero-order valence-electron chi connectivity index (χ0n) is 11.7. The number of aromatic nitrogens is 2. The van der Waals surface area contributed by atoms with E-state index in [0.29, 0.717) is 6.54 Å². The summed E-state index contributed by atoms with van der Waals surface area (Å²) in [6, 6.07) is 16.9. The highest BCUT2D eigenvalue weighted by atomic mass is 15.1. The van der Waals surface area contributed by atoms with Crippen molar-refractivity contribution < 1.29 is 0 Å². The highest BCUT2D eigenvalue weighted by molar-refractivity contribution is 5.77. The molecule has 2 N–H and O–H groups in total. The molecule has 3 heteroatoms. The van der Waals surface area contributed by atoms with Crippen LogP contribution < -0.4 is 5.73 Å². The third-order valence-corrected chi connectivity index (χ3v) is 3.53. The Morgan fingerprint density at radius 3 is 2.65 bits per heavy atom. The van der Waals surface area contributed by atoms with E-state index in [-0.39, 0.29) is 0 Å². The molecular weight excluding hydrogens is 246 g/mol. The van der Waals surface area contributed by atoms with Crippen molar-refractivity contribution in [3.05, 3.63) is 65.5 Å². The van der Waals surface area contributed by atoms with E-state index in [1.54, 1.807) is 0 Å². The number of hydrogen-bond acceptors (Lipinski definition) is 2. The van der Waals surface area contributed by atoms with Crippen molar-refractivity contribution >= 4 is 11.0 Å². The van der Waals surface area contributed by atoms with E-state index in [4.69, 9.17) is 10.7 Å². The molecule has 20 heavy (non-hydrogen) atoms. The average molecular weight is 265 g/mol. The molecule has 0 aliphatic carbocycles. The van der Waals surface area contributed by atoms with Crippen LogP contribution in [-0.2, 0) is 13.0 Å². The van der Waals surface area contributed by atoms with Gasteiger partial charge in [-0.2, -0.15) is 0 Å². The molecule has 3 rings (SSSR count). The number of benzene rings is 2. The monoisotopic (exact) mass is 265 g/mol. The van der Waals surface area contributed by atoms with Crippen molar-refractivity contribution in [2.24, 2.45) is 5.73 Å². The first-order valence-electron chi connectivity index (χ1n) is 6.97. The fourth-order valence-corrected chi connectivity index (χ4v) is 2.55. The number of nitrogens with zero attached hydrogens (tertiary/aromatic N) is 2. The lowest BCUT2D eigenvalue weighted by Gasteiger charge is -2.09. The lowest BCUT2D eigenvalue weighted by molar-refractivity contribution is 0.735. The quantitative estimate of drug-likeness (QED) is 0.788. The van der Waals surface area contributed by atoms with E-state index in [2.05, 4.69) is 54.0 Å². The van der Waals surface area contributed by atoms with Gasteiger partial charge in [0.05, 0.1) is 11.0 Å². The van der Waals surface area contributed by atoms with Crippen molar-refractivity contribution in [2.45, 2.75) is 19.9 Å². The molecule has 0 unspecified atom stereocenters. The molecule has 0 spiro atoms. The molecule has 0 saturated carbocycles. The average Bonchev–Trinajstić information content (AvgIpc) is 2.77. The van der Waals surface area contributed by atoms with Gasteiger partial charge in [0.25, 0.3) is 0 Å². The Bertz CT molecular complexity index is 714. The summed E-state index contributed by atoms with van der Waals surface area (Å²) in [5.41, 5.74) is 10.5. The molecule has 0 saturated heterocycles. The molecule has 0 fully saturated rings. The van der Waals surface area contributed by atoms with Crippen LogP contribution in [0.15, 0.2) is 48.5 Å². The molecule has 0 aliphatic heterocycles. The summed E-state index contributed by atoms with van der Waals surface area (Å²) in [6.07, 6.45) is 0.806. The molecule has 3 nitrogen and oxygen atoms in total. The van der Waals surface area contributed by atoms with Crippen molar-refractivity contribution in [3.8, 4) is 0 Å². The summed E-state index contributed by atoms with van der Waals surface area (Å²) in [5.74, 6) is 1.07. The second-order valence-corrected chi connectivity index (χ2v) is 5.13. The van der Waals surface area contributed by atoms with Gasteiger partial charge in [-0.15, -0.1) is 0 Å². The Morgan fingerprint density at radius 1 is 1.10 bits per heavy atom.